The standard InChI is InChI=1S/C23H18ClFN4O5/c1-14-2-8-20(19(10-14)29(31)32)33-13-17-7-9-21(34-17)23(30)26-22-18(24)12-28(27-22)11-15-3-5-16(25)6-4-15/h2-10,12H,11,13H2,1H3,(H,26,27,30). The highest BCUT2D eigenvalue weighted by atomic mass is 35.5. The maximum absolute atomic E-state index is 13.1. The molecule has 0 aliphatic carbocycles. The van der Waals surface area contributed by atoms with Gasteiger partial charge in [-0.3, -0.25) is 19.6 Å². The normalized spacial score (nSPS) is 10.8. The fourth-order valence-electron chi connectivity index (χ4n) is 3.13. The Labute approximate surface area is 197 Å². The van der Waals surface area contributed by atoms with Crippen molar-refractivity contribution in [1.29, 1.82) is 0 Å². The van der Waals surface area contributed by atoms with Crippen molar-refractivity contribution in [3.63, 3.8) is 0 Å². The highest BCUT2D eigenvalue weighted by Gasteiger charge is 2.18. The van der Waals surface area contributed by atoms with E-state index in [0.29, 0.717) is 12.3 Å². The first-order valence-electron chi connectivity index (χ1n) is 10.0. The van der Waals surface area contributed by atoms with Crippen LogP contribution in [-0.4, -0.2) is 20.6 Å². The molecule has 9 nitrogen and oxygen atoms in total. The third-order valence-corrected chi connectivity index (χ3v) is 5.05. The lowest BCUT2D eigenvalue weighted by molar-refractivity contribution is -0.386. The van der Waals surface area contributed by atoms with Crippen LogP contribution < -0.4 is 10.1 Å². The molecule has 0 saturated heterocycles. The van der Waals surface area contributed by atoms with Gasteiger partial charge in [-0.05, 0) is 48.4 Å². The molecule has 0 aliphatic rings. The van der Waals surface area contributed by atoms with Crippen LogP contribution in [0.15, 0.2) is 65.2 Å². The number of halogens is 2. The Balaban J connectivity index is 1.39. The monoisotopic (exact) mass is 484 g/mol. The number of hydrogen-bond donors (Lipinski definition) is 1. The van der Waals surface area contributed by atoms with E-state index in [2.05, 4.69) is 10.4 Å². The summed E-state index contributed by atoms with van der Waals surface area (Å²) in [5.74, 6) is -0.402. The maximum atomic E-state index is 13.1. The van der Waals surface area contributed by atoms with E-state index in [4.69, 9.17) is 20.8 Å². The predicted octanol–water partition coefficient (Wildman–Crippen LogP) is 5.36. The van der Waals surface area contributed by atoms with Gasteiger partial charge in [0.15, 0.2) is 17.3 Å². The molecule has 174 valence electrons. The van der Waals surface area contributed by atoms with Crippen LogP contribution in [0.2, 0.25) is 5.02 Å². The van der Waals surface area contributed by atoms with Crippen LogP contribution in [0.25, 0.3) is 0 Å². The Bertz CT molecular complexity index is 1350. The number of anilines is 1. The molecule has 2 heterocycles. The zero-order chi connectivity index (χ0) is 24.2. The Morgan fingerprint density at radius 1 is 1.24 bits per heavy atom. The van der Waals surface area contributed by atoms with Crippen molar-refractivity contribution >= 4 is 29.0 Å². The van der Waals surface area contributed by atoms with Crippen LogP contribution in [0, 0.1) is 22.9 Å². The molecule has 0 spiro atoms. The molecular weight excluding hydrogens is 467 g/mol. The van der Waals surface area contributed by atoms with Crippen molar-refractivity contribution in [2.45, 2.75) is 20.1 Å². The first-order valence-corrected chi connectivity index (χ1v) is 10.4. The molecular formula is C23H18ClFN4O5. The molecule has 0 bridgehead atoms. The number of benzene rings is 2. The number of hydrogen-bond acceptors (Lipinski definition) is 6. The SMILES string of the molecule is Cc1ccc(OCc2ccc(C(=O)Nc3nn(Cc4ccc(F)cc4)cc3Cl)o2)c([N+](=O)[O-])c1. The second-order valence-corrected chi connectivity index (χ2v) is 7.79. The smallest absolute Gasteiger partial charge is 0.311 e. The number of carbonyl (C=O) groups is 1. The summed E-state index contributed by atoms with van der Waals surface area (Å²) in [5, 5.41) is 18.2. The van der Waals surface area contributed by atoms with Crippen LogP contribution >= 0.6 is 11.6 Å². The second kappa shape index (κ2) is 9.75. The van der Waals surface area contributed by atoms with Gasteiger partial charge in [-0.15, -0.1) is 0 Å². The number of nitrogens with zero attached hydrogens (tertiary/aromatic N) is 3. The predicted molar refractivity (Wildman–Crippen MR) is 122 cm³/mol. The van der Waals surface area contributed by atoms with E-state index in [9.17, 15) is 19.3 Å². The zero-order valence-electron chi connectivity index (χ0n) is 17.8. The summed E-state index contributed by atoms with van der Waals surface area (Å²) in [6.45, 7) is 1.97. The molecule has 4 rings (SSSR count). The van der Waals surface area contributed by atoms with Gasteiger partial charge in [0.2, 0.25) is 0 Å². The van der Waals surface area contributed by atoms with Crippen LogP contribution in [0.3, 0.4) is 0 Å². The molecule has 0 radical (unpaired) electrons. The molecule has 1 N–H and O–H groups in total. The molecule has 0 unspecified atom stereocenters. The largest absolute Gasteiger partial charge is 0.479 e. The Morgan fingerprint density at radius 2 is 2.00 bits per heavy atom. The van der Waals surface area contributed by atoms with Gasteiger partial charge in [-0.1, -0.05) is 29.8 Å². The highest BCUT2D eigenvalue weighted by Crippen LogP contribution is 2.29. The van der Waals surface area contributed by atoms with E-state index in [0.717, 1.165) is 11.1 Å². The minimum absolute atomic E-state index is 0.0128. The Kier molecular flexibility index (Phi) is 6.60. The topological polar surface area (TPSA) is 112 Å². The molecule has 4 aromatic rings. The van der Waals surface area contributed by atoms with Crippen LogP contribution in [-0.2, 0) is 13.2 Å². The average molecular weight is 485 g/mol. The quantitative estimate of drug-likeness (QED) is 0.266. The summed E-state index contributed by atoms with van der Waals surface area (Å²) in [7, 11) is 0. The number of nitro benzene ring substituents is 1. The van der Waals surface area contributed by atoms with Crippen molar-refractivity contribution < 1.29 is 23.3 Å². The van der Waals surface area contributed by atoms with Gasteiger partial charge in [-0.25, -0.2) is 4.39 Å². The average Bonchev–Trinajstić information content (AvgIpc) is 3.41. The van der Waals surface area contributed by atoms with Crippen molar-refractivity contribution in [3.8, 4) is 5.75 Å². The van der Waals surface area contributed by atoms with Gasteiger partial charge in [0.25, 0.3) is 5.91 Å². The van der Waals surface area contributed by atoms with Gasteiger partial charge < -0.3 is 14.5 Å². The lowest BCUT2D eigenvalue weighted by atomic mass is 10.2. The summed E-state index contributed by atoms with van der Waals surface area (Å²) in [4.78, 5) is 23.2. The van der Waals surface area contributed by atoms with Crippen molar-refractivity contribution in [2.24, 2.45) is 0 Å². The number of amides is 1. The summed E-state index contributed by atoms with van der Waals surface area (Å²) in [6.07, 6.45) is 1.54. The van der Waals surface area contributed by atoms with E-state index in [1.807, 2.05) is 0 Å². The lowest BCUT2D eigenvalue weighted by Gasteiger charge is -2.06. The fourth-order valence-corrected chi connectivity index (χ4v) is 3.33. The molecule has 1 amide bonds. The van der Waals surface area contributed by atoms with Gasteiger partial charge in [0.1, 0.15) is 23.2 Å². The number of aryl methyl sites for hydroxylation is 1. The second-order valence-electron chi connectivity index (χ2n) is 7.39. The number of furan rings is 1. The first-order chi connectivity index (χ1) is 16.3. The molecule has 34 heavy (non-hydrogen) atoms. The van der Waals surface area contributed by atoms with E-state index in [-0.39, 0.29) is 40.5 Å². The van der Waals surface area contributed by atoms with Gasteiger partial charge >= 0.3 is 5.69 Å². The Morgan fingerprint density at radius 3 is 2.74 bits per heavy atom. The third kappa shape index (κ3) is 5.41. The van der Waals surface area contributed by atoms with Crippen molar-refractivity contribution in [1.82, 2.24) is 9.78 Å². The van der Waals surface area contributed by atoms with Crippen LogP contribution in [0.4, 0.5) is 15.9 Å². The van der Waals surface area contributed by atoms with Gasteiger partial charge in [0, 0.05) is 12.3 Å². The fraction of sp³-hybridized carbons (Fsp3) is 0.130. The van der Waals surface area contributed by atoms with E-state index < -0.39 is 10.8 Å². The number of ether oxygens (including phenoxy) is 1. The third-order valence-electron chi connectivity index (χ3n) is 4.77. The summed E-state index contributed by atoms with van der Waals surface area (Å²) >= 11 is 6.18. The molecule has 2 aromatic carbocycles. The number of nitro groups is 1. The van der Waals surface area contributed by atoms with Crippen LogP contribution in [0.1, 0.15) is 27.4 Å². The van der Waals surface area contributed by atoms with E-state index in [1.165, 1.54) is 47.3 Å². The lowest BCUT2D eigenvalue weighted by Crippen LogP contribution is -2.12. The van der Waals surface area contributed by atoms with Crippen molar-refractivity contribution in [2.75, 3.05) is 5.32 Å². The molecule has 0 atom stereocenters. The number of rotatable bonds is 8. The van der Waals surface area contributed by atoms with Gasteiger partial charge in [-0.2, -0.15) is 5.10 Å². The summed E-state index contributed by atoms with van der Waals surface area (Å²) in [5.41, 5.74) is 1.38. The van der Waals surface area contributed by atoms with E-state index >= 15 is 0 Å². The zero-order valence-corrected chi connectivity index (χ0v) is 18.6. The molecule has 0 saturated carbocycles. The molecule has 0 fully saturated rings. The minimum Gasteiger partial charge on any atom is -0.479 e. The highest BCUT2D eigenvalue weighted by molar-refractivity contribution is 6.33. The molecule has 0 aliphatic heterocycles. The first kappa shape index (κ1) is 23.0. The minimum atomic E-state index is -0.582. The number of aromatic nitrogens is 2. The number of nitrogens with one attached hydrogen (secondary N) is 1. The van der Waals surface area contributed by atoms with Gasteiger partial charge in [0.05, 0.1) is 11.5 Å². The van der Waals surface area contributed by atoms with Crippen molar-refractivity contribution in [3.05, 3.63) is 104 Å². The van der Waals surface area contributed by atoms with E-state index in [1.54, 1.807) is 25.1 Å². The molecule has 2 aromatic heterocycles. The summed E-state index contributed by atoms with van der Waals surface area (Å²) < 4.78 is 25.6. The summed E-state index contributed by atoms with van der Waals surface area (Å²) in [6, 6.07) is 13.5. The van der Waals surface area contributed by atoms with Crippen LogP contribution in [0.5, 0.6) is 5.75 Å². The Hall–Kier alpha value is -4.18. The molecule has 11 heteroatoms. The number of carbonyl (C=O) groups excluding carboxylic acids is 1. The maximum Gasteiger partial charge on any atom is 0.311 e.